The van der Waals surface area contributed by atoms with Crippen molar-refractivity contribution in [1.29, 1.82) is 0 Å². The molecule has 1 aliphatic rings. The van der Waals surface area contributed by atoms with E-state index in [9.17, 15) is 4.79 Å². The van der Waals surface area contributed by atoms with Gasteiger partial charge < -0.3 is 15.8 Å². The number of methoxy groups -OCH3 is 1. The fourth-order valence-electron chi connectivity index (χ4n) is 1.17. The van der Waals surface area contributed by atoms with Crippen molar-refractivity contribution >= 4 is 17.2 Å². The highest BCUT2D eigenvalue weighted by atomic mass is 32.1. The molecule has 76 valence electrons. The summed E-state index contributed by atoms with van der Waals surface area (Å²) < 4.78 is 4.99. The quantitative estimate of drug-likeness (QED) is 0.770. The van der Waals surface area contributed by atoms with Crippen LogP contribution >= 0.6 is 11.3 Å². The molecular formula is C9H12N2O2S. The van der Waals surface area contributed by atoms with Crippen molar-refractivity contribution in [2.75, 3.05) is 7.11 Å². The molecule has 1 amide bonds. The Labute approximate surface area is 86.1 Å². The van der Waals surface area contributed by atoms with Crippen LogP contribution < -0.4 is 15.8 Å². The maximum absolute atomic E-state index is 11.6. The lowest BCUT2D eigenvalue weighted by molar-refractivity contribution is 0.0954. The minimum absolute atomic E-state index is 0.0590. The number of hydrogen-bond acceptors (Lipinski definition) is 4. The molecule has 0 saturated heterocycles. The fourth-order valence-corrected chi connectivity index (χ4v) is 1.92. The molecule has 1 aliphatic carbocycles. The van der Waals surface area contributed by atoms with E-state index in [-0.39, 0.29) is 18.0 Å². The number of amides is 1. The first-order valence-electron chi connectivity index (χ1n) is 4.39. The van der Waals surface area contributed by atoms with E-state index in [2.05, 4.69) is 5.32 Å². The maximum atomic E-state index is 11.6. The van der Waals surface area contributed by atoms with E-state index in [1.807, 2.05) is 5.38 Å². The van der Waals surface area contributed by atoms with Gasteiger partial charge in [-0.25, -0.2) is 0 Å². The minimum atomic E-state index is -0.0590. The van der Waals surface area contributed by atoms with Gasteiger partial charge in [0, 0.05) is 23.5 Å². The summed E-state index contributed by atoms with van der Waals surface area (Å²) >= 11 is 1.38. The lowest BCUT2D eigenvalue weighted by Crippen LogP contribution is -2.28. The number of ether oxygens (including phenoxy) is 1. The van der Waals surface area contributed by atoms with Crippen LogP contribution in [-0.4, -0.2) is 25.1 Å². The number of hydrogen-bond donors (Lipinski definition) is 2. The molecule has 0 aromatic carbocycles. The Morgan fingerprint density at radius 3 is 3.00 bits per heavy atom. The molecule has 1 aromatic rings. The van der Waals surface area contributed by atoms with Gasteiger partial charge in [-0.05, 0) is 6.42 Å². The lowest BCUT2D eigenvalue weighted by atomic mass is 10.4. The van der Waals surface area contributed by atoms with Crippen LogP contribution in [0.5, 0.6) is 5.75 Å². The predicted molar refractivity (Wildman–Crippen MR) is 54.7 cm³/mol. The van der Waals surface area contributed by atoms with Crippen LogP contribution in [0, 0.1) is 0 Å². The van der Waals surface area contributed by atoms with E-state index >= 15 is 0 Å². The van der Waals surface area contributed by atoms with Crippen LogP contribution in [0.4, 0.5) is 0 Å². The summed E-state index contributed by atoms with van der Waals surface area (Å²) in [6, 6.07) is 2.03. The number of thiophene rings is 1. The zero-order valence-electron chi connectivity index (χ0n) is 7.82. The molecule has 2 atom stereocenters. The van der Waals surface area contributed by atoms with Gasteiger partial charge in [-0.1, -0.05) is 0 Å². The second-order valence-corrected chi connectivity index (χ2v) is 4.24. The van der Waals surface area contributed by atoms with Crippen molar-refractivity contribution < 1.29 is 9.53 Å². The van der Waals surface area contributed by atoms with Gasteiger partial charge in [-0.15, -0.1) is 11.3 Å². The Hall–Kier alpha value is -1.07. The zero-order chi connectivity index (χ0) is 10.1. The van der Waals surface area contributed by atoms with Crippen LogP contribution in [0.1, 0.15) is 16.1 Å². The zero-order valence-corrected chi connectivity index (χ0v) is 8.64. The minimum Gasteiger partial charge on any atom is -0.496 e. The van der Waals surface area contributed by atoms with Gasteiger partial charge in [-0.2, -0.15) is 0 Å². The summed E-state index contributed by atoms with van der Waals surface area (Å²) in [6.07, 6.45) is 0.883. The van der Waals surface area contributed by atoms with Crippen molar-refractivity contribution in [3.05, 3.63) is 16.3 Å². The third kappa shape index (κ3) is 1.88. The van der Waals surface area contributed by atoms with Crippen LogP contribution in [0.25, 0.3) is 0 Å². The van der Waals surface area contributed by atoms with Crippen molar-refractivity contribution in [3.8, 4) is 5.75 Å². The standard InChI is InChI=1S/C9H12N2O2S/c1-13-5-2-8(14-4-5)9(12)11-7-3-6(7)10/h2,4,6-7H,3,10H2,1H3,(H,11,12). The van der Waals surface area contributed by atoms with E-state index in [0.29, 0.717) is 4.88 Å². The average molecular weight is 212 g/mol. The van der Waals surface area contributed by atoms with E-state index in [0.717, 1.165) is 12.2 Å². The van der Waals surface area contributed by atoms with Crippen molar-refractivity contribution in [2.24, 2.45) is 5.73 Å². The van der Waals surface area contributed by atoms with Crippen molar-refractivity contribution in [2.45, 2.75) is 18.5 Å². The summed E-state index contributed by atoms with van der Waals surface area (Å²) in [4.78, 5) is 12.2. The van der Waals surface area contributed by atoms with E-state index in [1.54, 1.807) is 13.2 Å². The second-order valence-electron chi connectivity index (χ2n) is 3.33. The van der Waals surface area contributed by atoms with E-state index in [4.69, 9.17) is 10.5 Å². The van der Waals surface area contributed by atoms with Gasteiger partial charge in [0.2, 0.25) is 0 Å². The van der Waals surface area contributed by atoms with Crippen LogP contribution in [0.2, 0.25) is 0 Å². The van der Waals surface area contributed by atoms with Crippen LogP contribution in [0.3, 0.4) is 0 Å². The smallest absolute Gasteiger partial charge is 0.261 e. The van der Waals surface area contributed by atoms with Crippen LogP contribution in [-0.2, 0) is 0 Å². The van der Waals surface area contributed by atoms with Gasteiger partial charge in [0.05, 0.1) is 12.0 Å². The Morgan fingerprint density at radius 2 is 2.50 bits per heavy atom. The van der Waals surface area contributed by atoms with Crippen molar-refractivity contribution in [1.82, 2.24) is 5.32 Å². The summed E-state index contributed by atoms with van der Waals surface area (Å²) in [5.74, 6) is 0.663. The number of carbonyl (C=O) groups is 1. The lowest BCUT2D eigenvalue weighted by Gasteiger charge is -1.99. The number of nitrogens with two attached hydrogens (primary N) is 1. The highest BCUT2D eigenvalue weighted by Gasteiger charge is 2.35. The van der Waals surface area contributed by atoms with Crippen LogP contribution in [0.15, 0.2) is 11.4 Å². The highest BCUT2D eigenvalue weighted by Crippen LogP contribution is 2.23. The molecule has 0 radical (unpaired) electrons. The molecule has 1 heterocycles. The largest absolute Gasteiger partial charge is 0.496 e. The Morgan fingerprint density at radius 1 is 1.79 bits per heavy atom. The van der Waals surface area contributed by atoms with Gasteiger partial charge in [0.25, 0.3) is 5.91 Å². The molecule has 0 aliphatic heterocycles. The topological polar surface area (TPSA) is 64.3 Å². The Bertz CT molecular complexity index is 350. The Balaban J connectivity index is 1.96. The summed E-state index contributed by atoms with van der Waals surface area (Å²) in [6.45, 7) is 0. The fraction of sp³-hybridized carbons (Fsp3) is 0.444. The van der Waals surface area contributed by atoms with Gasteiger partial charge in [-0.3, -0.25) is 4.79 Å². The first kappa shape index (κ1) is 9.48. The molecule has 0 spiro atoms. The Kier molecular flexibility index (Phi) is 2.43. The molecule has 5 heteroatoms. The molecule has 1 saturated carbocycles. The third-order valence-electron chi connectivity index (χ3n) is 2.19. The number of rotatable bonds is 3. The maximum Gasteiger partial charge on any atom is 0.261 e. The first-order valence-corrected chi connectivity index (χ1v) is 5.27. The van der Waals surface area contributed by atoms with Gasteiger partial charge >= 0.3 is 0 Å². The molecule has 2 rings (SSSR count). The molecule has 1 fully saturated rings. The molecule has 4 nitrogen and oxygen atoms in total. The normalized spacial score (nSPS) is 24.4. The predicted octanol–water partition coefficient (Wildman–Crippen LogP) is 0.586. The summed E-state index contributed by atoms with van der Waals surface area (Å²) in [5.41, 5.74) is 5.59. The molecule has 3 N–H and O–H groups in total. The molecule has 0 bridgehead atoms. The summed E-state index contributed by atoms with van der Waals surface area (Å²) in [7, 11) is 1.58. The first-order chi connectivity index (χ1) is 6.70. The number of carbonyl (C=O) groups excluding carboxylic acids is 1. The average Bonchev–Trinajstić information content (AvgIpc) is 2.72. The van der Waals surface area contributed by atoms with Gasteiger partial charge in [0.1, 0.15) is 5.75 Å². The monoisotopic (exact) mass is 212 g/mol. The highest BCUT2D eigenvalue weighted by molar-refractivity contribution is 7.12. The van der Waals surface area contributed by atoms with Gasteiger partial charge in [0.15, 0.2) is 0 Å². The molecule has 14 heavy (non-hydrogen) atoms. The third-order valence-corrected chi connectivity index (χ3v) is 3.10. The van der Waals surface area contributed by atoms with E-state index in [1.165, 1.54) is 11.3 Å². The molecular weight excluding hydrogens is 200 g/mol. The van der Waals surface area contributed by atoms with Crippen molar-refractivity contribution in [3.63, 3.8) is 0 Å². The summed E-state index contributed by atoms with van der Waals surface area (Å²) in [5, 5.41) is 4.66. The SMILES string of the molecule is COc1csc(C(=O)NC2CC2N)c1. The number of nitrogens with one attached hydrogen (secondary N) is 1. The second kappa shape index (κ2) is 3.59. The van der Waals surface area contributed by atoms with E-state index < -0.39 is 0 Å². The molecule has 2 unspecified atom stereocenters. The molecule has 1 aromatic heterocycles.